The van der Waals surface area contributed by atoms with Gasteiger partial charge in [0.1, 0.15) is 29.2 Å². The number of nitrogen functional groups attached to an aromatic ring is 1. The summed E-state index contributed by atoms with van der Waals surface area (Å²) in [5.41, 5.74) is 8.36. The van der Waals surface area contributed by atoms with Gasteiger partial charge < -0.3 is 11.1 Å². The van der Waals surface area contributed by atoms with Crippen LogP contribution in [0.4, 0.5) is 15.9 Å². The monoisotopic (exact) mass is 527 g/mol. The highest BCUT2D eigenvalue weighted by Gasteiger charge is 2.20. The molecule has 0 aliphatic carbocycles. The Bertz CT molecular complexity index is 1740. The van der Waals surface area contributed by atoms with Gasteiger partial charge in [-0.05, 0) is 50.1 Å². The molecule has 0 spiro atoms. The van der Waals surface area contributed by atoms with E-state index < -0.39 is 17.3 Å². The molecule has 198 valence electrons. The van der Waals surface area contributed by atoms with Crippen molar-refractivity contribution in [2.24, 2.45) is 0 Å². The summed E-state index contributed by atoms with van der Waals surface area (Å²) in [5, 5.41) is 12.4. The molecule has 0 aliphatic rings. The molecule has 0 unspecified atom stereocenters. The number of nitrogens with one attached hydrogen (secondary N) is 1. The Kier molecular flexibility index (Phi) is 6.60. The second-order valence-corrected chi connectivity index (χ2v) is 9.57. The maximum atomic E-state index is 13.4. The molecule has 5 rings (SSSR count). The van der Waals surface area contributed by atoms with Crippen LogP contribution in [0.25, 0.3) is 28.1 Å². The van der Waals surface area contributed by atoms with Crippen molar-refractivity contribution < 1.29 is 9.18 Å². The predicted octanol–water partition coefficient (Wildman–Crippen LogP) is 4.11. The Morgan fingerprint density at radius 3 is 2.38 bits per heavy atom. The van der Waals surface area contributed by atoms with E-state index in [0.717, 1.165) is 16.4 Å². The molecule has 1 aromatic carbocycles. The summed E-state index contributed by atoms with van der Waals surface area (Å²) in [7, 11) is 0. The van der Waals surface area contributed by atoms with Crippen LogP contribution in [0.5, 0.6) is 0 Å². The second kappa shape index (κ2) is 10.0. The van der Waals surface area contributed by atoms with Crippen LogP contribution in [-0.4, -0.2) is 40.4 Å². The molecule has 39 heavy (non-hydrogen) atoms. The second-order valence-electron chi connectivity index (χ2n) is 9.57. The zero-order valence-electron chi connectivity index (χ0n) is 21.8. The highest BCUT2D eigenvalue weighted by molar-refractivity contribution is 6.04. The molecule has 12 heteroatoms. The van der Waals surface area contributed by atoms with Gasteiger partial charge >= 0.3 is 0 Å². The fourth-order valence-electron chi connectivity index (χ4n) is 4.07. The van der Waals surface area contributed by atoms with Gasteiger partial charge in [-0.25, -0.2) is 24.0 Å². The average molecular weight is 528 g/mol. The van der Waals surface area contributed by atoms with Crippen LogP contribution < -0.4 is 16.6 Å². The summed E-state index contributed by atoms with van der Waals surface area (Å²) in [6, 6.07) is 11.0. The minimum Gasteiger partial charge on any atom is -0.383 e. The van der Waals surface area contributed by atoms with Gasteiger partial charge in [0.15, 0.2) is 11.5 Å². The number of aromatic nitrogens is 7. The maximum absolute atomic E-state index is 13.4. The SMILES string of the molecule is CC(C)c1cc(C(=O)Nc2ccc(-c3nn(C(C)C)c4ncnc(N)c34)cc2)c(=O)n(-c2ccc(F)cn2)n1. The Morgan fingerprint density at radius 1 is 1.00 bits per heavy atom. The molecule has 4 heterocycles. The molecule has 1 amide bonds. The molecule has 0 bridgehead atoms. The average Bonchev–Trinajstić information content (AvgIpc) is 3.31. The van der Waals surface area contributed by atoms with Crippen molar-refractivity contribution in [3.05, 3.63) is 82.4 Å². The van der Waals surface area contributed by atoms with E-state index in [1.807, 2.05) is 27.7 Å². The lowest BCUT2D eigenvalue weighted by Gasteiger charge is -2.12. The number of pyridine rings is 1. The number of nitrogens with zero attached hydrogens (tertiary/aromatic N) is 7. The molecule has 0 atom stereocenters. The molecule has 0 saturated carbocycles. The molecule has 0 saturated heterocycles. The van der Waals surface area contributed by atoms with E-state index in [1.165, 1.54) is 24.5 Å². The minimum absolute atomic E-state index is 0.0550. The molecular weight excluding hydrogens is 501 g/mol. The molecule has 11 nitrogen and oxygen atoms in total. The Labute approximate surface area is 222 Å². The van der Waals surface area contributed by atoms with Crippen LogP contribution in [-0.2, 0) is 0 Å². The number of carbonyl (C=O) groups is 1. The lowest BCUT2D eigenvalue weighted by atomic mass is 10.1. The fraction of sp³-hybridized carbons (Fsp3) is 0.222. The van der Waals surface area contributed by atoms with Gasteiger partial charge in [-0.1, -0.05) is 26.0 Å². The van der Waals surface area contributed by atoms with E-state index in [9.17, 15) is 14.0 Å². The third-order valence-electron chi connectivity index (χ3n) is 6.12. The van der Waals surface area contributed by atoms with Crippen molar-refractivity contribution in [1.29, 1.82) is 0 Å². The highest BCUT2D eigenvalue weighted by atomic mass is 19.1. The lowest BCUT2D eigenvalue weighted by molar-refractivity contribution is 0.102. The van der Waals surface area contributed by atoms with Crippen LogP contribution in [0.1, 0.15) is 55.7 Å². The smallest absolute Gasteiger partial charge is 0.285 e. The van der Waals surface area contributed by atoms with E-state index in [0.29, 0.717) is 33.9 Å². The van der Waals surface area contributed by atoms with Crippen molar-refractivity contribution in [2.75, 3.05) is 11.1 Å². The van der Waals surface area contributed by atoms with Gasteiger partial charge in [-0.15, -0.1) is 0 Å². The van der Waals surface area contributed by atoms with Crippen molar-refractivity contribution in [1.82, 2.24) is 34.5 Å². The van der Waals surface area contributed by atoms with Gasteiger partial charge in [0.2, 0.25) is 0 Å². The zero-order valence-corrected chi connectivity index (χ0v) is 21.8. The normalized spacial score (nSPS) is 11.5. The molecule has 3 N–H and O–H groups in total. The van der Waals surface area contributed by atoms with Crippen molar-refractivity contribution in [2.45, 2.75) is 39.7 Å². The third kappa shape index (κ3) is 4.83. The van der Waals surface area contributed by atoms with E-state index in [1.54, 1.807) is 28.9 Å². The Hall–Kier alpha value is -5.00. The summed E-state index contributed by atoms with van der Waals surface area (Å²) in [6.45, 7) is 7.77. The number of nitrogens with two attached hydrogens (primary N) is 1. The molecular formula is C27H26FN9O2. The first-order chi connectivity index (χ1) is 18.6. The summed E-state index contributed by atoms with van der Waals surface area (Å²) < 4.78 is 16.2. The maximum Gasteiger partial charge on any atom is 0.285 e. The quantitative estimate of drug-likeness (QED) is 0.335. The standard InChI is InChI=1S/C27H26FN9O2/c1-14(2)20-11-19(27(39)37(34-20)21-10-7-17(28)12-30-21)26(38)33-18-8-5-16(6-9-18)23-22-24(29)31-13-32-25(22)36(35-23)15(3)4/h5-15H,1-4H3,(H,33,38)(H2,29,31,32). The minimum atomic E-state index is -0.672. The summed E-state index contributed by atoms with van der Waals surface area (Å²) in [5.74, 6) is -0.809. The Balaban J connectivity index is 1.48. The van der Waals surface area contributed by atoms with E-state index in [2.05, 4.69) is 25.4 Å². The largest absolute Gasteiger partial charge is 0.383 e. The number of amides is 1. The number of halogens is 1. The summed E-state index contributed by atoms with van der Waals surface area (Å²) >= 11 is 0. The van der Waals surface area contributed by atoms with E-state index in [4.69, 9.17) is 10.8 Å². The van der Waals surface area contributed by atoms with Crippen LogP contribution in [0.2, 0.25) is 0 Å². The third-order valence-corrected chi connectivity index (χ3v) is 6.12. The first kappa shape index (κ1) is 25.6. The molecule has 0 aliphatic heterocycles. The van der Waals surface area contributed by atoms with Gasteiger partial charge in [0, 0.05) is 17.3 Å². The number of hydrogen-bond acceptors (Lipinski definition) is 8. The predicted molar refractivity (Wildman–Crippen MR) is 145 cm³/mol. The van der Waals surface area contributed by atoms with Gasteiger partial charge in [0.05, 0.1) is 17.3 Å². The molecule has 5 aromatic rings. The summed E-state index contributed by atoms with van der Waals surface area (Å²) in [6.07, 6.45) is 2.39. The van der Waals surface area contributed by atoms with Crippen LogP contribution in [0.3, 0.4) is 0 Å². The Morgan fingerprint density at radius 2 is 1.74 bits per heavy atom. The van der Waals surface area contributed by atoms with Crippen LogP contribution >= 0.6 is 0 Å². The topological polar surface area (TPSA) is 146 Å². The van der Waals surface area contributed by atoms with Crippen molar-refractivity contribution >= 4 is 28.4 Å². The number of rotatable bonds is 6. The number of anilines is 2. The van der Waals surface area contributed by atoms with Gasteiger partial charge in [-0.2, -0.15) is 14.9 Å². The zero-order chi connectivity index (χ0) is 27.8. The highest BCUT2D eigenvalue weighted by Crippen LogP contribution is 2.32. The van der Waals surface area contributed by atoms with E-state index >= 15 is 0 Å². The van der Waals surface area contributed by atoms with Crippen molar-refractivity contribution in [3.63, 3.8) is 0 Å². The molecule has 4 aromatic heterocycles. The lowest BCUT2D eigenvalue weighted by Crippen LogP contribution is -2.31. The van der Waals surface area contributed by atoms with Crippen molar-refractivity contribution in [3.8, 4) is 17.1 Å². The van der Waals surface area contributed by atoms with Gasteiger partial charge in [-0.3, -0.25) is 9.59 Å². The van der Waals surface area contributed by atoms with Crippen LogP contribution in [0.15, 0.2) is 59.8 Å². The molecule has 0 radical (unpaired) electrons. The first-order valence-corrected chi connectivity index (χ1v) is 12.3. The molecule has 0 fully saturated rings. The number of fused-ring (bicyclic) bond motifs is 1. The van der Waals surface area contributed by atoms with E-state index in [-0.39, 0.29) is 23.3 Å². The summed E-state index contributed by atoms with van der Waals surface area (Å²) in [4.78, 5) is 38.8. The fourth-order valence-corrected chi connectivity index (χ4v) is 4.07. The number of carbonyl (C=O) groups excluding carboxylic acids is 1. The van der Waals surface area contributed by atoms with Gasteiger partial charge in [0.25, 0.3) is 11.5 Å². The first-order valence-electron chi connectivity index (χ1n) is 12.3. The number of benzene rings is 1. The number of hydrogen-bond donors (Lipinski definition) is 2. The van der Waals surface area contributed by atoms with Crippen LogP contribution in [0, 0.1) is 5.82 Å².